The second kappa shape index (κ2) is 8.82. The molecule has 2 fully saturated rings. The Morgan fingerprint density at radius 2 is 1.97 bits per heavy atom. The first-order valence-electron chi connectivity index (χ1n) is 12.1. The van der Waals surface area contributed by atoms with E-state index in [9.17, 15) is 13.9 Å². The van der Waals surface area contributed by atoms with Gasteiger partial charge in [0.25, 0.3) is 0 Å². The topological polar surface area (TPSA) is 90.3 Å². The first-order valence-corrected chi connectivity index (χ1v) is 12.1. The van der Waals surface area contributed by atoms with Gasteiger partial charge in [0.15, 0.2) is 5.67 Å². The average Bonchev–Trinajstić information content (AvgIpc) is 2.83. The highest BCUT2D eigenvalue weighted by Gasteiger charge is 2.40. The summed E-state index contributed by atoms with van der Waals surface area (Å²) in [7, 11) is 0. The molecule has 0 aromatic carbocycles. The summed E-state index contributed by atoms with van der Waals surface area (Å²) < 4.78 is 28.5. The second-order valence-corrected chi connectivity index (χ2v) is 10.1. The van der Waals surface area contributed by atoms with Crippen molar-refractivity contribution in [2.45, 2.75) is 64.0 Å². The number of rotatable bonds is 5. The minimum Gasteiger partial charge on any atom is -0.390 e. The van der Waals surface area contributed by atoms with Crippen LogP contribution in [0.4, 0.5) is 32.2 Å². The van der Waals surface area contributed by atoms with Crippen LogP contribution in [-0.4, -0.2) is 68.7 Å². The maximum Gasteiger partial charge on any atom is 0.227 e. The number of nitrogens with one attached hydrogen (secondary N) is 1. The van der Waals surface area contributed by atoms with Gasteiger partial charge in [0.05, 0.1) is 25.2 Å². The third-order valence-electron chi connectivity index (χ3n) is 7.11. The number of halogens is 2. The molecule has 2 N–H and O–H groups in total. The van der Waals surface area contributed by atoms with E-state index in [1.54, 1.807) is 23.4 Å². The fourth-order valence-corrected chi connectivity index (χ4v) is 4.75. The van der Waals surface area contributed by atoms with Gasteiger partial charge in [0, 0.05) is 30.5 Å². The van der Waals surface area contributed by atoms with Crippen molar-refractivity contribution in [3.63, 3.8) is 0 Å². The number of aliphatic hydroxyl groups excluding tert-OH is 1. The highest BCUT2D eigenvalue weighted by Crippen LogP contribution is 2.36. The Labute approximate surface area is 203 Å². The van der Waals surface area contributed by atoms with Crippen molar-refractivity contribution in [1.82, 2.24) is 19.9 Å². The zero-order valence-electron chi connectivity index (χ0n) is 20.4. The van der Waals surface area contributed by atoms with E-state index in [0.717, 1.165) is 22.2 Å². The number of hydrogen-bond acceptors (Lipinski definition) is 8. The van der Waals surface area contributed by atoms with Crippen LogP contribution in [0.5, 0.6) is 0 Å². The fraction of sp³-hybridized carbons (Fsp3) is 0.520. The lowest BCUT2D eigenvalue weighted by molar-refractivity contribution is -0.00860. The lowest BCUT2D eigenvalue weighted by atomic mass is 9.94. The van der Waals surface area contributed by atoms with Gasteiger partial charge in [0.1, 0.15) is 23.6 Å². The summed E-state index contributed by atoms with van der Waals surface area (Å²) in [4.78, 5) is 21.8. The van der Waals surface area contributed by atoms with Gasteiger partial charge in [-0.2, -0.15) is 4.98 Å². The summed E-state index contributed by atoms with van der Waals surface area (Å²) in [5.74, 6) is 2.52. The normalized spacial score (nSPS) is 26.8. The summed E-state index contributed by atoms with van der Waals surface area (Å²) in [6, 6.07) is 3.48. The lowest BCUT2D eigenvalue weighted by Gasteiger charge is -2.43. The Balaban J connectivity index is 1.44. The van der Waals surface area contributed by atoms with E-state index in [4.69, 9.17) is 0 Å². The van der Waals surface area contributed by atoms with Crippen LogP contribution in [0.2, 0.25) is 0 Å². The van der Waals surface area contributed by atoms with Gasteiger partial charge in [0.2, 0.25) is 5.95 Å². The number of fused-ring (bicyclic) bond motifs is 1. The smallest absolute Gasteiger partial charge is 0.227 e. The predicted octanol–water partition coefficient (Wildman–Crippen LogP) is 4.13. The van der Waals surface area contributed by atoms with Crippen molar-refractivity contribution in [2.75, 3.05) is 34.8 Å². The summed E-state index contributed by atoms with van der Waals surface area (Å²) in [6.45, 7) is 8.31. The van der Waals surface area contributed by atoms with Crippen LogP contribution in [0.15, 0.2) is 30.7 Å². The molecule has 0 unspecified atom stereocenters. The Morgan fingerprint density at radius 3 is 2.66 bits per heavy atom. The van der Waals surface area contributed by atoms with Gasteiger partial charge in [-0.3, -0.25) is 0 Å². The van der Waals surface area contributed by atoms with E-state index in [1.165, 1.54) is 6.92 Å². The van der Waals surface area contributed by atoms with Crippen molar-refractivity contribution in [1.29, 1.82) is 0 Å². The number of piperidine rings is 1. The van der Waals surface area contributed by atoms with E-state index in [2.05, 4.69) is 39.1 Å². The third kappa shape index (κ3) is 4.35. The van der Waals surface area contributed by atoms with Gasteiger partial charge in [-0.1, -0.05) is 13.8 Å². The van der Waals surface area contributed by atoms with E-state index in [1.807, 2.05) is 24.1 Å². The molecular weight excluding hydrogens is 452 g/mol. The largest absolute Gasteiger partial charge is 0.390 e. The van der Waals surface area contributed by atoms with Crippen molar-refractivity contribution in [3.8, 4) is 0 Å². The van der Waals surface area contributed by atoms with Gasteiger partial charge >= 0.3 is 0 Å². The number of nitrogens with zero attached hydrogens (tertiary/aromatic N) is 6. The molecule has 3 aromatic rings. The van der Waals surface area contributed by atoms with Crippen LogP contribution in [0.25, 0.3) is 10.8 Å². The van der Waals surface area contributed by atoms with Crippen LogP contribution in [-0.2, 0) is 0 Å². The molecule has 8 nitrogen and oxygen atoms in total. The molecule has 5 heterocycles. The van der Waals surface area contributed by atoms with Crippen molar-refractivity contribution in [2.24, 2.45) is 0 Å². The number of anilines is 4. The van der Waals surface area contributed by atoms with Crippen molar-refractivity contribution in [3.05, 3.63) is 36.3 Å². The molecule has 0 aliphatic carbocycles. The summed E-state index contributed by atoms with van der Waals surface area (Å²) in [5, 5.41) is 15.0. The SMILES string of the molecule is CC(C)c1cnc(N2C[C@H](F)[C@@H]2C)c2cnc(Nc3ccnc(N4CC[C@@H](O)[C@@](C)(F)C4)n3)cc12. The number of aliphatic hydroxyl groups is 1. The van der Waals surface area contributed by atoms with Crippen LogP contribution in [0, 0.1) is 0 Å². The van der Waals surface area contributed by atoms with Gasteiger partial charge in [-0.25, -0.2) is 23.7 Å². The van der Waals surface area contributed by atoms with Crippen LogP contribution in [0.3, 0.4) is 0 Å². The molecule has 2 aliphatic heterocycles. The Hall–Kier alpha value is -3.14. The molecule has 0 radical (unpaired) electrons. The number of aromatic nitrogens is 4. The minimum atomic E-state index is -1.72. The summed E-state index contributed by atoms with van der Waals surface area (Å²) in [5.41, 5.74) is -0.642. The Morgan fingerprint density at radius 1 is 1.17 bits per heavy atom. The maximum atomic E-state index is 14.7. The molecular formula is C25H31F2N7O. The third-order valence-corrected chi connectivity index (χ3v) is 7.11. The molecule has 0 saturated carbocycles. The summed E-state index contributed by atoms with van der Waals surface area (Å²) in [6.07, 6.45) is 3.72. The maximum absolute atomic E-state index is 14.7. The molecule has 10 heteroatoms. The molecule has 0 amide bonds. The molecule has 3 aromatic heterocycles. The Kier molecular flexibility index (Phi) is 5.94. The molecule has 186 valence electrons. The first-order chi connectivity index (χ1) is 16.6. The van der Waals surface area contributed by atoms with E-state index in [0.29, 0.717) is 37.1 Å². The number of alkyl halides is 2. The molecule has 4 atom stereocenters. The van der Waals surface area contributed by atoms with Crippen LogP contribution in [0.1, 0.15) is 45.6 Å². The lowest BCUT2D eigenvalue weighted by Crippen LogP contribution is -2.57. The molecule has 0 bridgehead atoms. The van der Waals surface area contributed by atoms with Gasteiger partial charge in [-0.15, -0.1) is 0 Å². The predicted molar refractivity (Wildman–Crippen MR) is 133 cm³/mol. The Bertz CT molecular complexity index is 1240. The zero-order valence-corrected chi connectivity index (χ0v) is 20.4. The molecule has 2 saturated heterocycles. The molecule has 0 spiro atoms. The fourth-order valence-electron chi connectivity index (χ4n) is 4.75. The summed E-state index contributed by atoms with van der Waals surface area (Å²) >= 11 is 0. The minimum absolute atomic E-state index is 0.0219. The second-order valence-electron chi connectivity index (χ2n) is 10.1. The average molecular weight is 484 g/mol. The molecule has 2 aliphatic rings. The first kappa shape index (κ1) is 23.6. The zero-order chi connectivity index (χ0) is 24.9. The quantitative estimate of drug-likeness (QED) is 0.560. The monoisotopic (exact) mass is 483 g/mol. The highest BCUT2D eigenvalue weighted by atomic mass is 19.1. The molecule has 5 rings (SSSR count). The van der Waals surface area contributed by atoms with Crippen LogP contribution >= 0.6 is 0 Å². The molecule has 35 heavy (non-hydrogen) atoms. The standard InChI is InChI=1S/C25H31F2N7O/c1-14(2)17-10-30-23(34-12-19(26)15(34)3)18-11-29-22(9-16(17)18)31-21-5-7-28-24(32-21)33-8-6-20(35)25(4,27)13-33/h5,7,9-11,14-15,19-20,35H,6,8,12-13H2,1-4H3,(H,28,29,31,32)/t15-,19-,20+,25-/m0/s1. The van der Waals surface area contributed by atoms with Crippen LogP contribution < -0.4 is 15.1 Å². The number of hydrogen-bond donors (Lipinski definition) is 2. The van der Waals surface area contributed by atoms with Gasteiger partial charge < -0.3 is 20.2 Å². The number of pyridine rings is 2. The van der Waals surface area contributed by atoms with E-state index in [-0.39, 0.29) is 18.5 Å². The van der Waals surface area contributed by atoms with Crippen molar-refractivity contribution >= 4 is 34.2 Å². The van der Waals surface area contributed by atoms with E-state index < -0.39 is 17.9 Å². The van der Waals surface area contributed by atoms with E-state index >= 15 is 0 Å². The van der Waals surface area contributed by atoms with Gasteiger partial charge in [-0.05, 0) is 49.3 Å². The highest BCUT2D eigenvalue weighted by molar-refractivity contribution is 5.96. The van der Waals surface area contributed by atoms with Crippen molar-refractivity contribution < 1.29 is 13.9 Å².